The molecule has 0 fully saturated rings. The molecule has 156 valence electrons. The van der Waals surface area contributed by atoms with Gasteiger partial charge in [-0.3, -0.25) is 4.79 Å². The van der Waals surface area contributed by atoms with Gasteiger partial charge in [-0.2, -0.15) is 0 Å². The van der Waals surface area contributed by atoms with Crippen molar-refractivity contribution in [1.29, 1.82) is 0 Å². The first kappa shape index (κ1) is 22.7. The van der Waals surface area contributed by atoms with Crippen molar-refractivity contribution in [3.63, 3.8) is 0 Å². The molecule has 1 unspecified atom stereocenters. The molecule has 0 saturated heterocycles. The molecular formula is C22H25ClFNO4. The molecule has 1 atom stereocenters. The van der Waals surface area contributed by atoms with Gasteiger partial charge in [0.1, 0.15) is 11.6 Å². The first-order chi connectivity index (χ1) is 13.5. The number of hydrogen-bond acceptors (Lipinski definition) is 3. The normalized spacial score (nSPS) is 12.3. The monoisotopic (exact) mass is 421 g/mol. The van der Waals surface area contributed by atoms with Gasteiger partial charge in [0.05, 0.1) is 10.6 Å². The number of carbonyl (C=O) groups is 2. The fraction of sp³-hybridized carbons (Fsp3) is 0.364. The summed E-state index contributed by atoms with van der Waals surface area (Å²) in [6, 6.07) is 10.9. The SMILES string of the molecule is CC(CCN(C)C(=O)C(C)(C)Oc1ccc(Cl)c(F)c1)c1ccccc1C(=O)O. The molecule has 0 radical (unpaired) electrons. The van der Waals surface area contributed by atoms with Crippen LogP contribution in [0.4, 0.5) is 4.39 Å². The van der Waals surface area contributed by atoms with Crippen LogP contribution in [0.15, 0.2) is 42.5 Å². The van der Waals surface area contributed by atoms with Crippen LogP contribution in [0.1, 0.15) is 49.0 Å². The largest absolute Gasteiger partial charge is 0.478 e. The standard InChI is InChI=1S/C22H25ClFNO4/c1-14(16-7-5-6-8-17(16)20(26)27)11-12-25(4)21(28)22(2,3)29-15-9-10-18(23)19(24)13-15/h5-10,13-14H,11-12H2,1-4H3,(H,26,27). The highest BCUT2D eigenvalue weighted by molar-refractivity contribution is 6.30. The number of hydrogen-bond donors (Lipinski definition) is 1. The summed E-state index contributed by atoms with van der Waals surface area (Å²) in [7, 11) is 1.66. The van der Waals surface area contributed by atoms with Gasteiger partial charge in [0.15, 0.2) is 5.60 Å². The van der Waals surface area contributed by atoms with E-state index in [1.807, 2.05) is 6.92 Å². The van der Waals surface area contributed by atoms with Crippen LogP contribution in [0.3, 0.4) is 0 Å². The zero-order valence-corrected chi connectivity index (χ0v) is 17.7. The Hall–Kier alpha value is -2.60. The van der Waals surface area contributed by atoms with Gasteiger partial charge in [-0.15, -0.1) is 0 Å². The number of likely N-dealkylation sites (N-methyl/N-ethyl adjacent to an activating group) is 1. The Morgan fingerprint density at radius 1 is 1.24 bits per heavy atom. The number of carboxylic acids is 1. The van der Waals surface area contributed by atoms with E-state index in [1.165, 1.54) is 17.0 Å². The van der Waals surface area contributed by atoms with Crippen LogP contribution < -0.4 is 4.74 Å². The first-order valence-electron chi connectivity index (χ1n) is 9.24. The summed E-state index contributed by atoms with van der Waals surface area (Å²) in [6.45, 7) is 5.57. The van der Waals surface area contributed by atoms with Crippen molar-refractivity contribution in [3.8, 4) is 5.75 Å². The van der Waals surface area contributed by atoms with Crippen molar-refractivity contribution in [2.24, 2.45) is 0 Å². The molecule has 5 nitrogen and oxygen atoms in total. The molecule has 29 heavy (non-hydrogen) atoms. The van der Waals surface area contributed by atoms with E-state index in [-0.39, 0.29) is 28.2 Å². The van der Waals surface area contributed by atoms with Crippen molar-refractivity contribution in [2.45, 2.75) is 38.7 Å². The Kier molecular flexibility index (Phi) is 7.25. The predicted molar refractivity (Wildman–Crippen MR) is 110 cm³/mol. The third-order valence-corrected chi connectivity index (χ3v) is 5.05. The molecule has 0 aliphatic carbocycles. The van der Waals surface area contributed by atoms with Crippen LogP contribution >= 0.6 is 11.6 Å². The van der Waals surface area contributed by atoms with E-state index in [0.717, 1.165) is 11.6 Å². The van der Waals surface area contributed by atoms with Gasteiger partial charge >= 0.3 is 5.97 Å². The smallest absolute Gasteiger partial charge is 0.335 e. The maximum atomic E-state index is 13.6. The van der Waals surface area contributed by atoms with Crippen LogP contribution in [0, 0.1) is 5.82 Å². The second-order valence-corrected chi connectivity index (χ2v) is 7.90. The average Bonchev–Trinajstić information content (AvgIpc) is 2.67. The predicted octanol–water partition coefficient (Wildman–Crippen LogP) is 4.99. The molecule has 1 N–H and O–H groups in total. The van der Waals surface area contributed by atoms with Crippen molar-refractivity contribution in [3.05, 3.63) is 64.4 Å². The van der Waals surface area contributed by atoms with E-state index >= 15 is 0 Å². The number of ether oxygens (including phenoxy) is 1. The Morgan fingerprint density at radius 3 is 2.52 bits per heavy atom. The van der Waals surface area contributed by atoms with Gasteiger partial charge in [-0.05, 0) is 49.9 Å². The number of nitrogens with zero attached hydrogens (tertiary/aromatic N) is 1. The Labute approximate surface area is 175 Å². The van der Waals surface area contributed by atoms with E-state index in [1.54, 1.807) is 45.2 Å². The zero-order chi connectivity index (χ0) is 21.8. The molecule has 2 rings (SSSR count). The van der Waals surface area contributed by atoms with Gasteiger partial charge in [-0.25, -0.2) is 9.18 Å². The topological polar surface area (TPSA) is 66.8 Å². The van der Waals surface area contributed by atoms with Gasteiger partial charge in [0.25, 0.3) is 5.91 Å². The number of benzene rings is 2. The Balaban J connectivity index is 2.02. The fourth-order valence-corrected chi connectivity index (χ4v) is 3.22. The molecule has 0 heterocycles. The second-order valence-electron chi connectivity index (χ2n) is 7.50. The Bertz CT molecular complexity index is 900. The quantitative estimate of drug-likeness (QED) is 0.652. The van der Waals surface area contributed by atoms with Crippen LogP contribution in [0.2, 0.25) is 5.02 Å². The number of halogens is 2. The average molecular weight is 422 g/mol. The van der Waals surface area contributed by atoms with Crippen LogP contribution in [-0.2, 0) is 4.79 Å². The summed E-state index contributed by atoms with van der Waals surface area (Å²) < 4.78 is 19.3. The van der Waals surface area contributed by atoms with E-state index in [4.69, 9.17) is 16.3 Å². The number of carbonyl (C=O) groups excluding carboxylic acids is 1. The zero-order valence-electron chi connectivity index (χ0n) is 16.9. The first-order valence-corrected chi connectivity index (χ1v) is 9.62. The van der Waals surface area contributed by atoms with Gasteiger partial charge < -0.3 is 14.7 Å². The number of carboxylic acid groups (broad SMARTS) is 1. The summed E-state index contributed by atoms with van der Waals surface area (Å²) in [5, 5.41) is 9.33. The van der Waals surface area contributed by atoms with E-state index in [9.17, 15) is 19.1 Å². The minimum atomic E-state index is -1.21. The number of aromatic carboxylic acids is 1. The molecule has 2 aromatic carbocycles. The lowest BCUT2D eigenvalue weighted by molar-refractivity contribution is -0.144. The second kappa shape index (κ2) is 9.27. The molecule has 7 heteroatoms. The van der Waals surface area contributed by atoms with E-state index in [2.05, 4.69) is 0 Å². The summed E-state index contributed by atoms with van der Waals surface area (Å²) >= 11 is 5.67. The van der Waals surface area contributed by atoms with Crippen molar-refractivity contribution >= 4 is 23.5 Å². The maximum Gasteiger partial charge on any atom is 0.335 e. The summed E-state index contributed by atoms with van der Waals surface area (Å²) in [4.78, 5) is 25.8. The summed E-state index contributed by atoms with van der Waals surface area (Å²) in [6.07, 6.45) is 0.582. The molecule has 0 aromatic heterocycles. The Morgan fingerprint density at radius 2 is 1.90 bits per heavy atom. The molecular weight excluding hydrogens is 397 g/mol. The maximum absolute atomic E-state index is 13.6. The minimum absolute atomic E-state index is 0.0192. The van der Waals surface area contributed by atoms with Crippen LogP contribution in [-0.4, -0.2) is 41.1 Å². The van der Waals surface area contributed by atoms with Gasteiger partial charge in [-0.1, -0.05) is 36.7 Å². The number of amides is 1. The number of rotatable bonds is 8. The molecule has 1 amide bonds. The third-order valence-electron chi connectivity index (χ3n) is 4.75. The summed E-state index contributed by atoms with van der Waals surface area (Å²) in [5.41, 5.74) is -0.215. The molecule has 0 saturated carbocycles. The molecule has 0 aliphatic rings. The van der Waals surface area contributed by atoms with Crippen LogP contribution in [0.5, 0.6) is 5.75 Å². The molecule has 0 aliphatic heterocycles. The molecule has 0 bridgehead atoms. The highest BCUT2D eigenvalue weighted by Crippen LogP contribution is 2.26. The van der Waals surface area contributed by atoms with Crippen LogP contribution in [0.25, 0.3) is 0 Å². The molecule has 0 spiro atoms. The fourth-order valence-electron chi connectivity index (χ4n) is 3.10. The van der Waals surface area contributed by atoms with Crippen molar-refractivity contribution < 1.29 is 23.8 Å². The lowest BCUT2D eigenvalue weighted by Crippen LogP contribution is -2.47. The lowest BCUT2D eigenvalue weighted by Gasteiger charge is -2.31. The lowest BCUT2D eigenvalue weighted by atomic mass is 9.93. The highest BCUT2D eigenvalue weighted by Gasteiger charge is 2.33. The van der Waals surface area contributed by atoms with E-state index in [0.29, 0.717) is 13.0 Å². The van der Waals surface area contributed by atoms with Crippen molar-refractivity contribution in [2.75, 3.05) is 13.6 Å². The van der Waals surface area contributed by atoms with Crippen molar-refractivity contribution in [1.82, 2.24) is 4.90 Å². The molecule has 2 aromatic rings. The highest BCUT2D eigenvalue weighted by atomic mass is 35.5. The van der Waals surface area contributed by atoms with Gasteiger partial charge in [0.2, 0.25) is 0 Å². The van der Waals surface area contributed by atoms with Gasteiger partial charge in [0, 0.05) is 19.7 Å². The third kappa shape index (κ3) is 5.70. The summed E-state index contributed by atoms with van der Waals surface area (Å²) in [5.74, 6) is -1.70. The van der Waals surface area contributed by atoms with E-state index < -0.39 is 17.4 Å². The minimum Gasteiger partial charge on any atom is -0.478 e.